The van der Waals surface area contributed by atoms with Crippen LogP contribution in [0, 0.1) is 0 Å². The van der Waals surface area contributed by atoms with Crippen molar-refractivity contribution in [2.75, 3.05) is 7.05 Å². The van der Waals surface area contributed by atoms with Crippen LogP contribution in [0.15, 0.2) is 17.0 Å². The van der Waals surface area contributed by atoms with Gasteiger partial charge in [-0.05, 0) is 13.5 Å². The van der Waals surface area contributed by atoms with E-state index in [0.717, 1.165) is 0 Å². The molecule has 0 aliphatic carbocycles. The predicted octanol–water partition coefficient (Wildman–Crippen LogP) is 2.28. The Bertz CT molecular complexity index is 258. The second-order valence-electron chi connectivity index (χ2n) is 2.95. The van der Waals surface area contributed by atoms with Gasteiger partial charge in [-0.3, -0.25) is 0 Å². The SMILES string of the molecule is CNC(CCC(F)(F)F)c1cnoc1. The van der Waals surface area contributed by atoms with E-state index in [0.29, 0.717) is 5.56 Å². The van der Waals surface area contributed by atoms with E-state index in [1.165, 1.54) is 12.5 Å². The van der Waals surface area contributed by atoms with Crippen LogP contribution >= 0.6 is 0 Å². The average molecular weight is 208 g/mol. The van der Waals surface area contributed by atoms with Crippen LogP contribution in [0.2, 0.25) is 0 Å². The van der Waals surface area contributed by atoms with Crippen LogP contribution in [0.5, 0.6) is 0 Å². The monoisotopic (exact) mass is 208 g/mol. The first kappa shape index (κ1) is 11.0. The highest BCUT2D eigenvalue weighted by atomic mass is 19.4. The third-order valence-electron chi connectivity index (χ3n) is 1.92. The summed E-state index contributed by atoms with van der Waals surface area (Å²) in [7, 11) is 1.61. The minimum absolute atomic E-state index is 0.0127. The second kappa shape index (κ2) is 4.45. The molecule has 1 atom stereocenters. The summed E-state index contributed by atoms with van der Waals surface area (Å²) in [6, 6.07) is -0.358. The van der Waals surface area contributed by atoms with Crippen LogP contribution in [-0.2, 0) is 0 Å². The third-order valence-corrected chi connectivity index (χ3v) is 1.92. The molecule has 3 nitrogen and oxygen atoms in total. The maximum absolute atomic E-state index is 11.9. The van der Waals surface area contributed by atoms with Crippen LogP contribution in [0.3, 0.4) is 0 Å². The molecular weight excluding hydrogens is 197 g/mol. The van der Waals surface area contributed by atoms with Gasteiger partial charge in [-0.25, -0.2) is 0 Å². The van der Waals surface area contributed by atoms with Crippen LogP contribution < -0.4 is 5.32 Å². The Morgan fingerprint density at radius 3 is 2.71 bits per heavy atom. The molecule has 0 radical (unpaired) electrons. The Morgan fingerprint density at radius 1 is 1.57 bits per heavy atom. The summed E-state index contributed by atoms with van der Waals surface area (Å²) in [5, 5.41) is 6.22. The lowest BCUT2D eigenvalue weighted by Crippen LogP contribution is -2.19. The van der Waals surface area contributed by atoms with Crippen molar-refractivity contribution in [3.8, 4) is 0 Å². The molecule has 80 valence electrons. The van der Waals surface area contributed by atoms with Crippen LogP contribution in [0.1, 0.15) is 24.4 Å². The third kappa shape index (κ3) is 3.37. The van der Waals surface area contributed by atoms with Crippen LogP contribution in [-0.4, -0.2) is 18.4 Å². The molecule has 0 saturated carbocycles. The van der Waals surface area contributed by atoms with Gasteiger partial charge in [-0.1, -0.05) is 5.16 Å². The zero-order valence-corrected chi connectivity index (χ0v) is 7.64. The highest BCUT2D eigenvalue weighted by molar-refractivity contribution is 5.07. The normalized spacial score (nSPS) is 14.3. The van der Waals surface area contributed by atoms with Gasteiger partial charge in [0, 0.05) is 18.0 Å². The number of hydrogen-bond donors (Lipinski definition) is 1. The number of nitrogens with one attached hydrogen (secondary N) is 1. The number of halogens is 3. The summed E-state index contributed by atoms with van der Waals surface area (Å²) in [5.41, 5.74) is 0.636. The summed E-state index contributed by atoms with van der Waals surface area (Å²) in [6.45, 7) is 0. The molecular formula is C8H11F3N2O. The quantitative estimate of drug-likeness (QED) is 0.824. The molecule has 0 aromatic carbocycles. The lowest BCUT2D eigenvalue weighted by Gasteiger charge is -2.14. The fourth-order valence-corrected chi connectivity index (χ4v) is 1.17. The second-order valence-corrected chi connectivity index (χ2v) is 2.95. The molecule has 0 saturated heterocycles. The van der Waals surface area contributed by atoms with Gasteiger partial charge in [0.2, 0.25) is 0 Å². The first-order valence-electron chi connectivity index (χ1n) is 4.16. The number of alkyl halides is 3. The van der Waals surface area contributed by atoms with E-state index in [1.807, 2.05) is 0 Å². The van der Waals surface area contributed by atoms with Gasteiger partial charge < -0.3 is 9.84 Å². The highest BCUT2D eigenvalue weighted by Gasteiger charge is 2.28. The van der Waals surface area contributed by atoms with Crippen molar-refractivity contribution in [1.29, 1.82) is 0 Å². The van der Waals surface area contributed by atoms with E-state index >= 15 is 0 Å². The van der Waals surface area contributed by atoms with Gasteiger partial charge >= 0.3 is 6.18 Å². The largest absolute Gasteiger partial charge is 0.389 e. The molecule has 0 aliphatic rings. The van der Waals surface area contributed by atoms with Gasteiger partial charge in [0.25, 0.3) is 0 Å². The van der Waals surface area contributed by atoms with Gasteiger partial charge in [-0.2, -0.15) is 13.2 Å². The summed E-state index contributed by atoms with van der Waals surface area (Å²) in [4.78, 5) is 0. The number of aromatic nitrogens is 1. The van der Waals surface area contributed by atoms with Crippen LogP contribution in [0.25, 0.3) is 0 Å². The van der Waals surface area contributed by atoms with E-state index in [-0.39, 0.29) is 12.5 Å². The van der Waals surface area contributed by atoms with Gasteiger partial charge in [-0.15, -0.1) is 0 Å². The standard InChI is InChI=1S/C8H11F3N2O/c1-12-7(2-3-8(9,10)11)6-4-13-14-5-6/h4-5,7,12H,2-3H2,1H3. The molecule has 1 aromatic heterocycles. The minimum atomic E-state index is -4.12. The lowest BCUT2D eigenvalue weighted by atomic mass is 10.1. The molecule has 1 aromatic rings. The summed E-state index contributed by atoms with van der Waals surface area (Å²) in [5.74, 6) is 0. The number of nitrogens with zero attached hydrogens (tertiary/aromatic N) is 1. The fourth-order valence-electron chi connectivity index (χ4n) is 1.17. The first-order chi connectivity index (χ1) is 6.53. The zero-order chi connectivity index (χ0) is 10.6. The van der Waals surface area contributed by atoms with Gasteiger partial charge in [0.15, 0.2) is 0 Å². The molecule has 0 bridgehead atoms. The fraction of sp³-hybridized carbons (Fsp3) is 0.625. The van der Waals surface area contributed by atoms with E-state index < -0.39 is 12.6 Å². The molecule has 0 aliphatic heterocycles. The van der Waals surface area contributed by atoms with Gasteiger partial charge in [0.05, 0.1) is 6.20 Å². The molecule has 14 heavy (non-hydrogen) atoms. The van der Waals surface area contributed by atoms with Crippen molar-refractivity contribution >= 4 is 0 Å². The maximum atomic E-state index is 11.9. The summed E-state index contributed by atoms with van der Waals surface area (Å²) >= 11 is 0. The van der Waals surface area contributed by atoms with Crippen molar-refractivity contribution in [2.24, 2.45) is 0 Å². The summed E-state index contributed by atoms with van der Waals surface area (Å²) < 4.78 is 40.3. The zero-order valence-electron chi connectivity index (χ0n) is 7.64. The number of rotatable bonds is 4. The average Bonchev–Trinajstić information content (AvgIpc) is 2.56. The summed E-state index contributed by atoms with van der Waals surface area (Å²) in [6.07, 6.45) is -2.19. The lowest BCUT2D eigenvalue weighted by molar-refractivity contribution is -0.136. The maximum Gasteiger partial charge on any atom is 0.389 e. The molecule has 1 unspecified atom stereocenters. The number of hydrogen-bond acceptors (Lipinski definition) is 3. The van der Waals surface area contributed by atoms with E-state index in [9.17, 15) is 13.2 Å². The Kier molecular flexibility index (Phi) is 3.51. The molecule has 1 N–H and O–H groups in total. The molecule has 0 spiro atoms. The Labute approximate surface area is 79.3 Å². The topological polar surface area (TPSA) is 38.1 Å². The van der Waals surface area contributed by atoms with Crippen LogP contribution in [0.4, 0.5) is 13.2 Å². The molecule has 0 amide bonds. The van der Waals surface area contributed by atoms with Crippen molar-refractivity contribution in [3.63, 3.8) is 0 Å². The molecule has 0 fully saturated rings. The molecule has 1 rings (SSSR count). The molecule has 1 heterocycles. The smallest absolute Gasteiger partial charge is 0.364 e. The highest BCUT2D eigenvalue weighted by Crippen LogP contribution is 2.27. The van der Waals surface area contributed by atoms with Gasteiger partial charge in [0.1, 0.15) is 6.26 Å². The molecule has 6 heteroatoms. The van der Waals surface area contributed by atoms with Crippen molar-refractivity contribution in [1.82, 2.24) is 10.5 Å². The van der Waals surface area contributed by atoms with Crippen molar-refractivity contribution in [2.45, 2.75) is 25.1 Å². The van der Waals surface area contributed by atoms with E-state index in [1.54, 1.807) is 7.05 Å². The van der Waals surface area contributed by atoms with E-state index in [2.05, 4.69) is 15.0 Å². The first-order valence-corrected chi connectivity index (χ1v) is 4.16. The van der Waals surface area contributed by atoms with Crippen molar-refractivity contribution in [3.05, 3.63) is 18.0 Å². The van der Waals surface area contributed by atoms with E-state index in [4.69, 9.17) is 0 Å². The minimum Gasteiger partial charge on any atom is -0.364 e. The Balaban J connectivity index is 2.49. The Hall–Kier alpha value is -1.04. The predicted molar refractivity (Wildman–Crippen MR) is 43.6 cm³/mol. The Morgan fingerprint density at radius 2 is 2.29 bits per heavy atom. The van der Waals surface area contributed by atoms with Crippen molar-refractivity contribution < 1.29 is 17.7 Å².